The van der Waals surface area contributed by atoms with Crippen molar-refractivity contribution < 1.29 is 4.79 Å². The van der Waals surface area contributed by atoms with E-state index < -0.39 is 5.41 Å². The summed E-state index contributed by atoms with van der Waals surface area (Å²) in [5.41, 5.74) is 0.232. The third kappa shape index (κ3) is 3.84. The molecular formula is C17H24N2O. The highest BCUT2D eigenvalue weighted by Crippen LogP contribution is 2.31. The minimum atomic E-state index is -0.854. The van der Waals surface area contributed by atoms with Gasteiger partial charge >= 0.3 is 0 Å². The van der Waals surface area contributed by atoms with Gasteiger partial charge < -0.3 is 4.90 Å². The molecule has 1 rings (SSSR count). The second-order valence-corrected chi connectivity index (χ2v) is 5.34. The molecule has 0 N–H and O–H groups in total. The van der Waals surface area contributed by atoms with Crippen LogP contribution in [0.5, 0.6) is 0 Å². The molecule has 0 spiro atoms. The summed E-state index contributed by atoms with van der Waals surface area (Å²) in [6.45, 7) is 4.59. The number of hydrogen-bond acceptors (Lipinski definition) is 2. The van der Waals surface area contributed by atoms with Gasteiger partial charge in [-0.05, 0) is 18.4 Å². The van der Waals surface area contributed by atoms with Crippen molar-refractivity contribution in [2.75, 3.05) is 7.05 Å². The fourth-order valence-corrected chi connectivity index (χ4v) is 2.65. The molecule has 3 heteroatoms. The maximum Gasteiger partial charge on any atom is 0.243 e. The van der Waals surface area contributed by atoms with Gasteiger partial charge in [-0.15, -0.1) is 0 Å². The van der Waals surface area contributed by atoms with E-state index in [0.29, 0.717) is 19.4 Å². The Bertz CT molecular complexity index is 456. The normalized spacial score (nSPS) is 10.9. The molecule has 108 valence electrons. The molecule has 0 saturated heterocycles. The monoisotopic (exact) mass is 272 g/mol. The molecule has 1 aromatic carbocycles. The van der Waals surface area contributed by atoms with Gasteiger partial charge in [-0.25, -0.2) is 0 Å². The van der Waals surface area contributed by atoms with Crippen molar-refractivity contribution in [1.29, 1.82) is 5.26 Å². The first kappa shape index (κ1) is 16.2. The van der Waals surface area contributed by atoms with E-state index in [1.807, 2.05) is 44.2 Å². The lowest BCUT2D eigenvalue weighted by Gasteiger charge is -2.30. The summed E-state index contributed by atoms with van der Waals surface area (Å²) in [5, 5.41) is 9.53. The molecule has 0 fully saturated rings. The third-order valence-electron chi connectivity index (χ3n) is 3.59. The molecule has 20 heavy (non-hydrogen) atoms. The van der Waals surface area contributed by atoms with Crippen molar-refractivity contribution in [3.05, 3.63) is 35.9 Å². The van der Waals surface area contributed by atoms with E-state index in [1.165, 1.54) is 0 Å². The Morgan fingerprint density at radius 2 is 1.75 bits per heavy atom. The number of nitrogens with zero attached hydrogens (tertiary/aromatic N) is 2. The number of nitriles is 1. The molecule has 0 atom stereocenters. The highest BCUT2D eigenvalue weighted by molar-refractivity contribution is 5.85. The quantitative estimate of drug-likeness (QED) is 0.758. The van der Waals surface area contributed by atoms with E-state index in [-0.39, 0.29) is 5.91 Å². The second kappa shape index (κ2) is 7.69. The summed E-state index contributed by atoms with van der Waals surface area (Å²) in [6, 6.07) is 12.2. The molecule has 1 amide bonds. The molecule has 1 aromatic rings. The third-order valence-corrected chi connectivity index (χ3v) is 3.59. The minimum Gasteiger partial charge on any atom is -0.340 e. The average molecular weight is 272 g/mol. The number of benzene rings is 1. The lowest BCUT2D eigenvalue weighted by molar-refractivity contribution is -0.139. The maximum absolute atomic E-state index is 12.7. The molecule has 3 nitrogen and oxygen atoms in total. The Balaban J connectivity index is 2.86. The largest absolute Gasteiger partial charge is 0.340 e. The zero-order valence-corrected chi connectivity index (χ0v) is 12.7. The smallest absolute Gasteiger partial charge is 0.243 e. The van der Waals surface area contributed by atoms with Crippen LogP contribution in [0.25, 0.3) is 0 Å². The molecule has 0 aliphatic heterocycles. The zero-order chi connectivity index (χ0) is 15.0. The SMILES string of the molecule is CCCC(C#N)(CCC)C(=O)N(C)Cc1ccccc1. The molecule has 0 bridgehead atoms. The molecule has 0 aliphatic carbocycles. The van der Waals surface area contributed by atoms with Crippen LogP contribution in [0.1, 0.15) is 45.1 Å². The lowest BCUT2D eigenvalue weighted by Crippen LogP contribution is -2.41. The van der Waals surface area contributed by atoms with Gasteiger partial charge in [0.15, 0.2) is 0 Å². The van der Waals surface area contributed by atoms with Crippen molar-refractivity contribution in [1.82, 2.24) is 4.90 Å². The summed E-state index contributed by atoms with van der Waals surface area (Å²) < 4.78 is 0. The topological polar surface area (TPSA) is 44.1 Å². The second-order valence-electron chi connectivity index (χ2n) is 5.34. The van der Waals surface area contributed by atoms with Gasteiger partial charge in [0.2, 0.25) is 5.91 Å². The summed E-state index contributed by atoms with van der Waals surface area (Å²) in [6.07, 6.45) is 2.96. The average Bonchev–Trinajstić information content (AvgIpc) is 2.47. The van der Waals surface area contributed by atoms with Crippen molar-refractivity contribution in [2.45, 2.75) is 46.1 Å². The fraction of sp³-hybridized carbons (Fsp3) is 0.529. The highest BCUT2D eigenvalue weighted by atomic mass is 16.2. The van der Waals surface area contributed by atoms with Gasteiger partial charge in [-0.1, -0.05) is 57.0 Å². The minimum absolute atomic E-state index is 0.0486. The first-order chi connectivity index (χ1) is 9.59. The predicted molar refractivity (Wildman–Crippen MR) is 80.8 cm³/mol. The van der Waals surface area contributed by atoms with Crippen molar-refractivity contribution in [3.63, 3.8) is 0 Å². The van der Waals surface area contributed by atoms with Crippen molar-refractivity contribution in [2.24, 2.45) is 5.41 Å². The Morgan fingerprint density at radius 3 is 2.20 bits per heavy atom. The number of carbonyl (C=O) groups excluding carboxylic acids is 1. The lowest BCUT2D eigenvalue weighted by atomic mass is 9.79. The molecule has 0 aliphatic rings. The number of carbonyl (C=O) groups is 1. The van der Waals surface area contributed by atoms with Crippen LogP contribution in [0.2, 0.25) is 0 Å². The van der Waals surface area contributed by atoms with Crippen LogP contribution in [0.3, 0.4) is 0 Å². The van der Waals surface area contributed by atoms with Crippen LogP contribution in [-0.2, 0) is 11.3 Å². The van der Waals surface area contributed by atoms with Gasteiger partial charge in [-0.3, -0.25) is 4.79 Å². The number of amides is 1. The number of rotatable bonds is 7. The predicted octanol–water partition coefficient (Wildman–Crippen LogP) is 3.76. The molecule has 0 saturated carbocycles. The summed E-state index contributed by atoms with van der Waals surface area (Å²) in [4.78, 5) is 14.4. The summed E-state index contributed by atoms with van der Waals surface area (Å²) in [5.74, 6) is -0.0486. The maximum atomic E-state index is 12.7. The van der Waals surface area contributed by atoms with Gasteiger partial charge in [-0.2, -0.15) is 5.26 Å². The van der Waals surface area contributed by atoms with Crippen LogP contribution in [0, 0.1) is 16.7 Å². The van der Waals surface area contributed by atoms with E-state index in [0.717, 1.165) is 18.4 Å². The first-order valence-corrected chi connectivity index (χ1v) is 7.30. The van der Waals surface area contributed by atoms with E-state index in [1.54, 1.807) is 11.9 Å². The molecule has 0 heterocycles. The van der Waals surface area contributed by atoms with Crippen LogP contribution < -0.4 is 0 Å². The standard InChI is InChI=1S/C17H24N2O/c1-4-11-17(14-18,12-5-2)16(20)19(3)13-15-9-7-6-8-10-15/h6-10H,4-5,11-13H2,1-3H3. The molecule has 0 radical (unpaired) electrons. The fourth-order valence-electron chi connectivity index (χ4n) is 2.65. The van der Waals surface area contributed by atoms with E-state index >= 15 is 0 Å². The van der Waals surface area contributed by atoms with E-state index in [9.17, 15) is 10.1 Å². The molecule has 0 unspecified atom stereocenters. The van der Waals surface area contributed by atoms with Gasteiger partial charge in [0.05, 0.1) is 6.07 Å². The van der Waals surface area contributed by atoms with Crippen molar-refractivity contribution >= 4 is 5.91 Å². The molecular weight excluding hydrogens is 248 g/mol. The van der Waals surface area contributed by atoms with Crippen LogP contribution in [-0.4, -0.2) is 17.9 Å². The summed E-state index contributed by atoms with van der Waals surface area (Å²) >= 11 is 0. The Kier molecular flexibility index (Phi) is 6.24. The van der Waals surface area contributed by atoms with E-state index in [2.05, 4.69) is 6.07 Å². The Morgan fingerprint density at radius 1 is 1.20 bits per heavy atom. The first-order valence-electron chi connectivity index (χ1n) is 7.30. The van der Waals surface area contributed by atoms with Gasteiger partial charge in [0.1, 0.15) is 5.41 Å². The van der Waals surface area contributed by atoms with E-state index in [4.69, 9.17) is 0 Å². The molecule has 0 aromatic heterocycles. The highest BCUT2D eigenvalue weighted by Gasteiger charge is 2.38. The zero-order valence-electron chi connectivity index (χ0n) is 12.7. The Hall–Kier alpha value is -1.82. The Labute approximate surface area is 122 Å². The van der Waals surface area contributed by atoms with Gasteiger partial charge in [0, 0.05) is 13.6 Å². The van der Waals surface area contributed by atoms with Crippen molar-refractivity contribution in [3.8, 4) is 6.07 Å². The summed E-state index contributed by atoms with van der Waals surface area (Å²) in [7, 11) is 1.78. The van der Waals surface area contributed by atoms with Crippen LogP contribution >= 0.6 is 0 Å². The van der Waals surface area contributed by atoms with Gasteiger partial charge in [0.25, 0.3) is 0 Å². The van der Waals surface area contributed by atoms with Crippen LogP contribution in [0.4, 0.5) is 0 Å². The van der Waals surface area contributed by atoms with Crippen LogP contribution in [0.15, 0.2) is 30.3 Å². The number of hydrogen-bond donors (Lipinski definition) is 0.